The van der Waals surface area contributed by atoms with Crippen molar-refractivity contribution in [2.24, 2.45) is 0 Å². The maximum absolute atomic E-state index is 11.6. The van der Waals surface area contributed by atoms with Crippen molar-refractivity contribution in [1.82, 2.24) is 4.98 Å². The highest BCUT2D eigenvalue weighted by Gasteiger charge is 2.21. The molecule has 0 spiro atoms. The van der Waals surface area contributed by atoms with Crippen molar-refractivity contribution in [3.63, 3.8) is 0 Å². The van der Waals surface area contributed by atoms with E-state index in [2.05, 4.69) is 4.98 Å². The van der Waals surface area contributed by atoms with Crippen LogP contribution in [0, 0.1) is 0 Å². The number of rotatable bonds is 3. The van der Waals surface area contributed by atoms with E-state index in [1.54, 1.807) is 18.3 Å². The highest BCUT2D eigenvalue weighted by molar-refractivity contribution is 5.89. The molecule has 0 aliphatic rings. The third kappa shape index (κ3) is 2.83. The van der Waals surface area contributed by atoms with Crippen molar-refractivity contribution in [2.45, 2.75) is 32.8 Å². The summed E-state index contributed by atoms with van der Waals surface area (Å²) in [5.41, 5.74) is 0.0847. The molecule has 1 heterocycles. The van der Waals surface area contributed by atoms with Crippen LogP contribution in [0.1, 0.15) is 37.6 Å². The van der Waals surface area contributed by atoms with Gasteiger partial charge >= 0.3 is 5.97 Å². The van der Waals surface area contributed by atoms with Gasteiger partial charge in [0.15, 0.2) is 0 Å². The van der Waals surface area contributed by atoms with Crippen LogP contribution in [0.2, 0.25) is 0 Å². The van der Waals surface area contributed by atoms with Crippen LogP contribution in [0.25, 0.3) is 0 Å². The number of nitrogens with zero attached hydrogens (tertiary/aromatic N) is 1. The second-order valence-electron chi connectivity index (χ2n) is 3.74. The first kappa shape index (κ1) is 10.7. The van der Waals surface area contributed by atoms with Crippen LogP contribution < -0.4 is 0 Å². The number of carbonyl (C=O) groups is 1. The Morgan fingerprint density at radius 2 is 2.29 bits per heavy atom. The fraction of sp³-hybridized carbons (Fsp3) is 0.455. The zero-order chi connectivity index (χ0) is 10.6. The lowest BCUT2D eigenvalue weighted by atomic mass is 10.1. The summed E-state index contributed by atoms with van der Waals surface area (Å²) in [6.45, 7) is 5.76. The quantitative estimate of drug-likeness (QED) is 0.692. The molecule has 3 nitrogen and oxygen atoms in total. The highest BCUT2D eigenvalue weighted by atomic mass is 16.6. The first-order valence-corrected chi connectivity index (χ1v) is 4.68. The van der Waals surface area contributed by atoms with E-state index < -0.39 is 5.60 Å². The van der Waals surface area contributed by atoms with Gasteiger partial charge in [-0.3, -0.25) is 4.98 Å². The van der Waals surface area contributed by atoms with Crippen molar-refractivity contribution in [1.29, 1.82) is 0 Å². The summed E-state index contributed by atoms with van der Waals surface area (Å²) < 4.78 is 5.29. The SMILES string of the molecule is CCC(C)(C)OC(=O)c1cccnc1. The van der Waals surface area contributed by atoms with Crippen LogP contribution in [0.3, 0.4) is 0 Å². The molecule has 0 N–H and O–H groups in total. The predicted octanol–water partition coefficient (Wildman–Crippen LogP) is 2.43. The molecular formula is C11H15NO2. The van der Waals surface area contributed by atoms with Crippen LogP contribution in [-0.4, -0.2) is 16.6 Å². The van der Waals surface area contributed by atoms with Crippen molar-refractivity contribution >= 4 is 5.97 Å². The molecule has 1 aromatic heterocycles. The molecule has 0 aliphatic carbocycles. The molecule has 0 aliphatic heterocycles. The van der Waals surface area contributed by atoms with Gasteiger partial charge in [-0.1, -0.05) is 6.92 Å². The van der Waals surface area contributed by atoms with Crippen molar-refractivity contribution < 1.29 is 9.53 Å². The zero-order valence-corrected chi connectivity index (χ0v) is 8.78. The molecule has 0 radical (unpaired) electrons. The molecule has 14 heavy (non-hydrogen) atoms. The molecule has 0 saturated heterocycles. The van der Waals surface area contributed by atoms with Crippen molar-refractivity contribution in [3.8, 4) is 0 Å². The van der Waals surface area contributed by atoms with E-state index in [0.717, 1.165) is 6.42 Å². The Morgan fingerprint density at radius 3 is 2.79 bits per heavy atom. The Balaban J connectivity index is 2.69. The Bertz CT molecular complexity index is 306. The summed E-state index contributed by atoms with van der Waals surface area (Å²) in [6.07, 6.45) is 3.93. The minimum Gasteiger partial charge on any atom is -0.456 e. The number of esters is 1. The second-order valence-corrected chi connectivity index (χ2v) is 3.74. The summed E-state index contributed by atoms with van der Waals surface area (Å²) in [6, 6.07) is 3.41. The van der Waals surface area contributed by atoms with E-state index in [-0.39, 0.29) is 5.97 Å². The van der Waals surface area contributed by atoms with Crippen LogP contribution in [0.4, 0.5) is 0 Å². The summed E-state index contributed by atoms with van der Waals surface area (Å²) in [7, 11) is 0. The Labute approximate surface area is 84.1 Å². The standard InChI is InChI=1S/C11H15NO2/c1-4-11(2,3)14-10(13)9-6-5-7-12-8-9/h5-8H,4H2,1-3H3. The van der Waals surface area contributed by atoms with Gasteiger partial charge in [-0.15, -0.1) is 0 Å². The predicted molar refractivity (Wildman–Crippen MR) is 54.0 cm³/mol. The molecule has 0 amide bonds. The normalized spacial score (nSPS) is 11.1. The summed E-state index contributed by atoms with van der Waals surface area (Å²) in [4.78, 5) is 15.4. The number of carbonyl (C=O) groups excluding carboxylic acids is 1. The monoisotopic (exact) mass is 193 g/mol. The lowest BCUT2D eigenvalue weighted by Crippen LogP contribution is -2.27. The number of ether oxygens (including phenoxy) is 1. The van der Waals surface area contributed by atoms with E-state index in [4.69, 9.17) is 4.74 Å². The first-order chi connectivity index (χ1) is 6.55. The average Bonchev–Trinajstić information content (AvgIpc) is 2.19. The van der Waals surface area contributed by atoms with Crippen molar-refractivity contribution in [3.05, 3.63) is 30.1 Å². The largest absolute Gasteiger partial charge is 0.456 e. The van der Waals surface area contributed by atoms with E-state index in [0.29, 0.717) is 5.56 Å². The number of aromatic nitrogens is 1. The van der Waals surface area contributed by atoms with Gasteiger partial charge in [-0.25, -0.2) is 4.79 Å². The maximum Gasteiger partial charge on any atom is 0.340 e. The van der Waals surface area contributed by atoms with Crippen LogP contribution >= 0.6 is 0 Å². The van der Waals surface area contributed by atoms with Gasteiger partial charge in [0.25, 0.3) is 0 Å². The number of pyridine rings is 1. The molecule has 1 rings (SSSR count). The van der Waals surface area contributed by atoms with Gasteiger partial charge in [0, 0.05) is 12.4 Å². The summed E-state index contributed by atoms with van der Waals surface area (Å²) >= 11 is 0. The fourth-order valence-corrected chi connectivity index (χ4v) is 0.866. The van der Waals surface area contributed by atoms with Gasteiger partial charge < -0.3 is 4.74 Å². The zero-order valence-electron chi connectivity index (χ0n) is 8.78. The smallest absolute Gasteiger partial charge is 0.340 e. The molecule has 0 fully saturated rings. The van der Waals surface area contributed by atoms with Gasteiger partial charge in [0.1, 0.15) is 5.60 Å². The van der Waals surface area contributed by atoms with Gasteiger partial charge in [0.2, 0.25) is 0 Å². The Kier molecular flexibility index (Phi) is 3.23. The third-order valence-corrected chi connectivity index (χ3v) is 2.12. The van der Waals surface area contributed by atoms with Crippen molar-refractivity contribution in [2.75, 3.05) is 0 Å². The van der Waals surface area contributed by atoms with Gasteiger partial charge in [-0.05, 0) is 32.4 Å². The van der Waals surface area contributed by atoms with E-state index in [1.165, 1.54) is 6.20 Å². The fourth-order valence-electron chi connectivity index (χ4n) is 0.866. The van der Waals surface area contributed by atoms with E-state index in [1.807, 2.05) is 20.8 Å². The third-order valence-electron chi connectivity index (χ3n) is 2.12. The maximum atomic E-state index is 11.6. The van der Waals surface area contributed by atoms with E-state index >= 15 is 0 Å². The Hall–Kier alpha value is -1.38. The minimum atomic E-state index is -0.410. The van der Waals surface area contributed by atoms with Crippen LogP contribution in [-0.2, 0) is 4.74 Å². The first-order valence-electron chi connectivity index (χ1n) is 4.68. The van der Waals surface area contributed by atoms with Crippen LogP contribution in [0.15, 0.2) is 24.5 Å². The molecule has 76 valence electrons. The van der Waals surface area contributed by atoms with E-state index in [9.17, 15) is 4.79 Å². The number of hydrogen-bond donors (Lipinski definition) is 0. The molecule has 0 atom stereocenters. The molecule has 1 aromatic rings. The number of hydrogen-bond acceptors (Lipinski definition) is 3. The summed E-state index contributed by atoms with van der Waals surface area (Å²) in [5, 5.41) is 0. The molecule has 0 bridgehead atoms. The Morgan fingerprint density at radius 1 is 1.57 bits per heavy atom. The van der Waals surface area contributed by atoms with Crippen LogP contribution in [0.5, 0.6) is 0 Å². The lowest BCUT2D eigenvalue weighted by molar-refractivity contribution is -0.00247. The summed E-state index contributed by atoms with van der Waals surface area (Å²) in [5.74, 6) is -0.315. The molecule has 0 saturated carbocycles. The minimum absolute atomic E-state index is 0.315. The molecule has 3 heteroatoms. The molecule has 0 aromatic carbocycles. The highest BCUT2D eigenvalue weighted by Crippen LogP contribution is 2.15. The lowest BCUT2D eigenvalue weighted by Gasteiger charge is -2.23. The van der Waals surface area contributed by atoms with Gasteiger partial charge in [-0.2, -0.15) is 0 Å². The molecular weight excluding hydrogens is 178 g/mol. The topological polar surface area (TPSA) is 39.2 Å². The second kappa shape index (κ2) is 4.22. The average molecular weight is 193 g/mol. The molecule has 0 unspecified atom stereocenters. The van der Waals surface area contributed by atoms with Gasteiger partial charge in [0.05, 0.1) is 5.56 Å².